The van der Waals surface area contributed by atoms with Crippen molar-refractivity contribution in [3.05, 3.63) is 23.8 Å². The molecule has 0 saturated heterocycles. The van der Waals surface area contributed by atoms with Crippen molar-refractivity contribution in [3.63, 3.8) is 0 Å². The first-order valence-corrected chi connectivity index (χ1v) is 13.9. The molecule has 3 saturated carbocycles. The number of aliphatic hydroxyl groups excluding tert-OH is 1. The molecule has 1 heteroatoms. The molecule has 32 heavy (non-hydrogen) atoms. The lowest BCUT2D eigenvalue weighted by atomic mass is 9.49. The molecule has 3 rings (SSSR count). The summed E-state index contributed by atoms with van der Waals surface area (Å²) in [6.45, 7) is 26.6. The molecule has 3 aliphatic rings. The van der Waals surface area contributed by atoms with Crippen molar-refractivity contribution >= 4 is 0 Å². The van der Waals surface area contributed by atoms with Gasteiger partial charge in [-0.1, -0.05) is 85.6 Å². The zero-order valence-electron chi connectivity index (χ0n) is 22.9. The van der Waals surface area contributed by atoms with Gasteiger partial charge in [0.1, 0.15) is 0 Å². The van der Waals surface area contributed by atoms with Crippen LogP contribution in [0.4, 0.5) is 0 Å². The van der Waals surface area contributed by atoms with Gasteiger partial charge < -0.3 is 5.11 Å². The summed E-state index contributed by atoms with van der Waals surface area (Å²) in [6.07, 6.45) is 11.2. The highest BCUT2D eigenvalue weighted by molar-refractivity contribution is 5.23. The van der Waals surface area contributed by atoms with Gasteiger partial charge in [-0.25, -0.2) is 0 Å². The van der Waals surface area contributed by atoms with Crippen molar-refractivity contribution < 1.29 is 5.11 Å². The van der Waals surface area contributed by atoms with Crippen LogP contribution in [-0.2, 0) is 0 Å². The molecule has 0 aromatic carbocycles. The maximum absolute atomic E-state index is 10.5. The van der Waals surface area contributed by atoms with E-state index in [1.165, 1.54) is 32.1 Å². The van der Waals surface area contributed by atoms with Gasteiger partial charge in [-0.05, 0) is 104 Å². The fourth-order valence-electron chi connectivity index (χ4n) is 8.68. The van der Waals surface area contributed by atoms with Crippen LogP contribution in [0.3, 0.4) is 0 Å². The minimum Gasteiger partial charge on any atom is -0.393 e. The largest absolute Gasteiger partial charge is 0.393 e. The maximum atomic E-state index is 10.5. The third-order valence-corrected chi connectivity index (χ3v) is 11.6. The summed E-state index contributed by atoms with van der Waals surface area (Å²) >= 11 is 0. The zero-order valence-corrected chi connectivity index (χ0v) is 22.9. The molecule has 3 fully saturated rings. The number of hydrogen-bond donors (Lipinski definition) is 1. The molecule has 0 spiro atoms. The molecule has 1 N–H and O–H groups in total. The summed E-state index contributed by atoms with van der Waals surface area (Å²) in [4.78, 5) is 0. The highest BCUT2D eigenvalue weighted by Gasteiger charge is 2.56. The van der Waals surface area contributed by atoms with Crippen LogP contribution in [0.5, 0.6) is 0 Å². The van der Waals surface area contributed by atoms with Crippen LogP contribution < -0.4 is 0 Å². The van der Waals surface area contributed by atoms with Gasteiger partial charge in [-0.15, -0.1) is 0 Å². The van der Waals surface area contributed by atoms with E-state index in [0.717, 1.165) is 24.7 Å². The quantitative estimate of drug-likeness (QED) is 0.408. The summed E-state index contributed by atoms with van der Waals surface area (Å²) < 4.78 is 0. The molecule has 0 amide bonds. The highest BCUT2D eigenvalue weighted by Crippen LogP contribution is 2.64. The molecule has 0 radical (unpaired) electrons. The van der Waals surface area contributed by atoms with E-state index in [9.17, 15) is 5.11 Å². The van der Waals surface area contributed by atoms with E-state index in [-0.39, 0.29) is 11.5 Å². The van der Waals surface area contributed by atoms with Crippen LogP contribution in [-0.4, -0.2) is 11.2 Å². The summed E-state index contributed by atoms with van der Waals surface area (Å²) in [5, 5.41) is 10.5. The van der Waals surface area contributed by atoms with Gasteiger partial charge in [-0.3, -0.25) is 0 Å². The zero-order chi connectivity index (χ0) is 24.0. The molecule has 184 valence electrons. The molecule has 0 aromatic rings. The Labute approximate surface area is 200 Å². The van der Waals surface area contributed by atoms with Crippen LogP contribution in [0.15, 0.2) is 23.8 Å². The molecule has 3 aliphatic carbocycles. The van der Waals surface area contributed by atoms with E-state index in [2.05, 4.69) is 68.4 Å². The van der Waals surface area contributed by atoms with Gasteiger partial charge in [0, 0.05) is 0 Å². The molecule has 10 unspecified atom stereocenters. The van der Waals surface area contributed by atoms with E-state index in [1.54, 1.807) is 11.1 Å². The van der Waals surface area contributed by atoms with Crippen molar-refractivity contribution in [3.8, 4) is 0 Å². The number of rotatable bonds is 6. The van der Waals surface area contributed by atoms with Crippen LogP contribution >= 0.6 is 0 Å². The first-order chi connectivity index (χ1) is 14.9. The van der Waals surface area contributed by atoms with Gasteiger partial charge in [0.15, 0.2) is 0 Å². The van der Waals surface area contributed by atoms with Gasteiger partial charge in [0.2, 0.25) is 0 Å². The fraction of sp³-hybridized carbons (Fsp3) is 0.871. The summed E-state index contributed by atoms with van der Waals surface area (Å²) in [7, 11) is 0. The Balaban J connectivity index is 1.82. The number of fused-ring (bicyclic) bond motifs is 1. The Morgan fingerprint density at radius 1 is 1.06 bits per heavy atom. The van der Waals surface area contributed by atoms with Crippen LogP contribution in [0.25, 0.3) is 0 Å². The Kier molecular flexibility index (Phi) is 7.81. The summed E-state index contributed by atoms with van der Waals surface area (Å²) in [5.74, 6) is 5.26. The average molecular weight is 443 g/mol. The van der Waals surface area contributed by atoms with Crippen LogP contribution in [0, 0.1) is 58.2 Å². The first-order valence-electron chi connectivity index (χ1n) is 13.9. The Hall–Kier alpha value is -0.560. The topological polar surface area (TPSA) is 20.2 Å². The monoisotopic (exact) mass is 442 g/mol. The SMILES string of the molecule is C=C1C(C2CCC(C(C)/C=C(\C)C(C)C(C)C)C2(C)CC)CCC2C(C)C(O)CCC12C. The number of aliphatic hydroxyl groups is 1. The van der Waals surface area contributed by atoms with Crippen molar-refractivity contribution in [1.82, 2.24) is 0 Å². The lowest BCUT2D eigenvalue weighted by Crippen LogP contribution is -2.49. The van der Waals surface area contributed by atoms with E-state index >= 15 is 0 Å². The lowest BCUT2D eigenvalue weighted by Gasteiger charge is -2.56. The first kappa shape index (κ1) is 26.1. The lowest BCUT2D eigenvalue weighted by molar-refractivity contribution is -0.0486. The maximum Gasteiger partial charge on any atom is 0.0569 e. The van der Waals surface area contributed by atoms with Gasteiger partial charge in [-0.2, -0.15) is 0 Å². The van der Waals surface area contributed by atoms with Crippen molar-refractivity contribution in [2.45, 2.75) is 113 Å². The normalized spacial score (nSPS) is 45.1. The molecule has 10 atom stereocenters. The van der Waals surface area contributed by atoms with Crippen molar-refractivity contribution in [1.29, 1.82) is 0 Å². The second kappa shape index (κ2) is 9.59. The third kappa shape index (κ3) is 4.30. The van der Waals surface area contributed by atoms with Gasteiger partial charge in [0.05, 0.1) is 6.10 Å². The minimum atomic E-state index is -0.113. The molecular formula is C31H54O. The predicted molar refractivity (Wildman–Crippen MR) is 139 cm³/mol. The molecule has 1 nitrogen and oxygen atoms in total. The summed E-state index contributed by atoms with van der Waals surface area (Å²) in [5.41, 5.74) is 3.75. The van der Waals surface area contributed by atoms with Crippen LogP contribution in [0.1, 0.15) is 107 Å². The number of allylic oxidation sites excluding steroid dienone is 3. The molecular weight excluding hydrogens is 388 g/mol. The van der Waals surface area contributed by atoms with Crippen molar-refractivity contribution in [2.24, 2.45) is 58.2 Å². The fourth-order valence-corrected chi connectivity index (χ4v) is 8.68. The second-order valence-corrected chi connectivity index (χ2v) is 13.2. The summed E-state index contributed by atoms with van der Waals surface area (Å²) in [6, 6.07) is 0. The predicted octanol–water partition coefficient (Wildman–Crippen LogP) is 8.68. The van der Waals surface area contributed by atoms with Gasteiger partial charge >= 0.3 is 0 Å². The third-order valence-electron chi connectivity index (χ3n) is 11.6. The molecule has 0 bridgehead atoms. The molecule has 0 aliphatic heterocycles. The van der Waals surface area contributed by atoms with E-state index in [1.807, 2.05) is 0 Å². The van der Waals surface area contributed by atoms with E-state index in [4.69, 9.17) is 6.58 Å². The second-order valence-electron chi connectivity index (χ2n) is 13.2. The Bertz CT molecular complexity index is 703. The molecule has 0 aromatic heterocycles. The minimum absolute atomic E-state index is 0.113. The standard InChI is InChI=1S/C31H54O/c1-11-30(9)26(21(5)18-20(4)22(6)19(2)3)14-15-28(30)25-12-13-27-23(7)29(32)16-17-31(27,10)24(25)8/h18-19,21-23,25-29,32H,8,11-17H2,1-7,9-10H3/b20-18+. The van der Waals surface area contributed by atoms with E-state index < -0.39 is 0 Å². The highest BCUT2D eigenvalue weighted by atomic mass is 16.3. The molecule has 0 heterocycles. The van der Waals surface area contributed by atoms with Crippen molar-refractivity contribution in [2.75, 3.05) is 0 Å². The Morgan fingerprint density at radius 2 is 1.69 bits per heavy atom. The van der Waals surface area contributed by atoms with Gasteiger partial charge in [0.25, 0.3) is 0 Å². The average Bonchev–Trinajstić information content (AvgIpc) is 3.09. The van der Waals surface area contributed by atoms with E-state index in [0.29, 0.717) is 40.9 Å². The number of hydrogen-bond acceptors (Lipinski definition) is 1. The smallest absolute Gasteiger partial charge is 0.0569 e. The Morgan fingerprint density at radius 3 is 2.28 bits per heavy atom. The van der Waals surface area contributed by atoms with Crippen LogP contribution in [0.2, 0.25) is 0 Å².